The van der Waals surface area contributed by atoms with E-state index in [0.29, 0.717) is 5.65 Å². The molecule has 0 spiro atoms. The molecule has 0 aliphatic carbocycles. The Morgan fingerprint density at radius 2 is 1.00 bits per heavy atom. The van der Waals surface area contributed by atoms with E-state index in [-0.39, 0.29) is 0 Å². The van der Waals surface area contributed by atoms with E-state index in [1.165, 1.54) is 43.4 Å². The second-order valence-corrected chi connectivity index (χ2v) is 14.1. The number of hydrogen-bond acceptors (Lipinski definition) is 3. The van der Waals surface area contributed by atoms with Gasteiger partial charge in [0, 0.05) is 43.9 Å². The molecule has 0 aliphatic rings. The van der Waals surface area contributed by atoms with Crippen LogP contribution in [0.3, 0.4) is 0 Å². The third kappa shape index (κ3) is 4.02. The molecule has 0 amide bonds. The Morgan fingerprint density at radius 3 is 1.76 bits per heavy atom. The van der Waals surface area contributed by atoms with Crippen LogP contribution in [0.15, 0.2) is 180 Å². The van der Waals surface area contributed by atoms with Crippen molar-refractivity contribution in [3.8, 4) is 28.1 Å². The zero-order chi connectivity index (χ0) is 35.3. The summed E-state index contributed by atoms with van der Waals surface area (Å²) in [6, 6.07) is 60.5. The largest absolute Gasteiger partial charge is 0.454 e. The number of hydrogen-bond donors (Lipinski definition) is 0. The summed E-state index contributed by atoms with van der Waals surface area (Å²) in [5.74, 6) is 0.792. The summed E-state index contributed by atoms with van der Waals surface area (Å²) in [6.45, 7) is 0. The Labute approximate surface area is 309 Å². The maximum atomic E-state index is 7.02. The quantitative estimate of drug-likeness (QED) is 0.174. The monoisotopic (exact) mass is 687 g/mol. The molecule has 12 rings (SSSR count). The molecular formula is C50H29N3O. The molecular weight excluding hydrogens is 659 g/mol. The molecule has 0 unspecified atom stereocenters. The van der Waals surface area contributed by atoms with Gasteiger partial charge in [-0.25, -0.2) is 9.97 Å². The Balaban J connectivity index is 1.27. The summed E-state index contributed by atoms with van der Waals surface area (Å²) in [7, 11) is 0. The minimum absolute atomic E-state index is 0.696. The summed E-state index contributed by atoms with van der Waals surface area (Å²) in [4.78, 5) is 10.2. The smallest absolute Gasteiger partial charge is 0.162 e. The van der Waals surface area contributed by atoms with Gasteiger partial charge in [-0.15, -0.1) is 0 Å². The van der Waals surface area contributed by atoms with Crippen LogP contribution in [0.5, 0.6) is 0 Å². The summed E-state index contributed by atoms with van der Waals surface area (Å²) < 4.78 is 9.33. The van der Waals surface area contributed by atoms with Gasteiger partial charge in [-0.1, -0.05) is 140 Å². The zero-order valence-corrected chi connectivity index (χ0v) is 29.0. The van der Waals surface area contributed by atoms with Crippen molar-refractivity contribution in [2.75, 3.05) is 0 Å². The zero-order valence-electron chi connectivity index (χ0n) is 29.0. The molecule has 8 aromatic carbocycles. The minimum atomic E-state index is 0.696. The Morgan fingerprint density at radius 1 is 0.426 bits per heavy atom. The fraction of sp³-hybridized carbons (Fsp3) is 0. The Kier molecular flexibility index (Phi) is 6.02. The molecule has 0 fully saturated rings. The SMILES string of the molecule is c1ccc(-c2ccc(-c3cc(-n4c5ccccc5c5c6c7ccccc7c7ccccc7c6c6c7ccccc7oc6c54)nc4ncccc34)cc2)cc1. The van der Waals surface area contributed by atoms with E-state index < -0.39 is 0 Å². The van der Waals surface area contributed by atoms with E-state index in [0.717, 1.165) is 66.1 Å². The van der Waals surface area contributed by atoms with Gasteiger partial charge < -0.3 is 4.42 Å². The minimum Gasteiger partial charge on any atom is -0.454 e. The Hall–Kier alpha value is -7.30. The third-order valence-corrected chi connectivity index (χ3v) is 11.2. The molecule has 4 nitrogen and oxygen atoms in total. The first-order chi connectivity index (χ1) is 26.8. The number of nitrogens with zero attached hydrogens (tertiary/aromatic N) is 3. The molecule has 0 saturated carbocycles. The van der Waals surface area contributed by atoms with Gasteiger partial charge >= 0.3 is 0 Å². The van der Waals surface area contributed by atoms with Crippen LogP contribution in [-0.4, -0.2) is 14.5 Å². The third-order valence-electron chi connectivity index (χ3n) is 11.2. The van der Waals surface area contributed by atoms with Crippen LogP contribution < -0.4 is 0 Å². The molecule has 0 N–H and O–H groups in total. The van der Waals surface area contributed by atoms with Gasteiger partial charge in [-0.3, -0.25) is 4.57 Å². The van der Waals surface area contributed by atoms with Crippen LogP contribution in [0, 0.1) is 0 Å². The van der Waals surface area contributed by atoms with Crippen molar-refractivity contribution in [1.82, 2.24) is 14.5 Å². The van der Waals surface area contributed by atoms with Crippen LogP contribution in [0.4, 0.5) is 0 Å². The van der Waals surface area contributed by atoms with Crippen molar-refractivity contribution in [2.24, 2.45) is 0 Å². The predicted molar refractivity (Wildman–Crippen MR) is 225 cm³/mol. The van der Waals surface area contributed by atoms with E-state index >= 15 is 0 Å². The molecule has 54 heavy (non-hydrogen) atoms. The molecule has 0 saturated heterocycles. The summed E-state index contributed by atoms with van der Waals surface area (Å²) >= 11 is 0. The van der Waals surface area contributed by atoms with E-state index in [1.54, 1.807) is 0 Å². The molecule has 250 valence electrons. The lowest BCUT2D eigenvalue weighted by Crippen LogP contribution is -2.00. The molecule has 12 aromatic rings. The van der Waals surface area contributed by atoms with Gasteiger partial charge in [0.25, 0.3) is 0 Å². The van der Waals surface area contributed by atoms with Crippen LogP contribution in [-0.2, 0) is 0 Å². The van der Waals surface area contributed by atoms with Gasteiger partial charge in [0.1, 0.15) is 11.4 Å². The fourth-order valence-corrected chi connectivity index (χ4v) is 8.94. The van der Waals surface area contributed by atoms with Gasteiger partial charge in [0.2, 0.25) is 0 Å². The van der Waals surface area contributed by atoms with Crippen LogP contribution in [0.25, 0.3) is 115 Å². The average molecular weight is 688 g/mol. The molecule has 0 atom stereocenters. The lowest BCUT2D eigenvalue weighted by Gasteiger charge is -2.15. The number of rotatable bonds is 3. The first-order valence-corrected chi connectivity index (χ1v) is 18.3. The van der Waals surface area contributed by atoms with Crippen molar-refractivity contribution in [3.63, 3.8) is 0 Å². The van der Waals surface area contributed by atoms with Gasteiger partial charge in [-0.05, 0) is 74.1 Å². The van der Waals surface area contributed by atoms with Crippen molar-refractivity contribution in [3.05, 3.63) is 176 Å². The number of para-hydroxylation sites is 2. The second kappa shape index (κ2) is 11.1. The lowest BCUT2D eigenvalue weighted by atomic mass is 9.89. The van der Waals surface area contributed by atoms with E-state index in [9.17, 15) is 0 Å². The van der Waals surface area contributed by atoms with Gasteiger partial charge in [-0.2, -0.15) is 0 Å². The fourth-order valence-electron chi connectivity index (χ4n) is 8.94. The van der Waals surface area contributed by atoms with Crippen molar-refractivity contribution in [2.45, 2.75) is 0 Å². The summed E-state index contributed by atoms with van der Waals surface area (Å²) in [6.07, 6.45) is 1.83. The highest BCUT2D eigenvalue weighted by Crippen LogP contribution is 2.50. The molecule has 4 aromatic heterocycles. The molecule has 4 heterocycles. The van der Waals surface area contributed by atoms with Gasteiger partial charge in [0.05, 0.1) is 11.0 Å². The highest BCUT2D eigenvalue weighted by molar-refractivity contribution is 6.44. The summed E-state index contributed by atoms with van der Waals surface area (Å²) in [5.41, 5.74) is 9.03. The highest BCUT2D eigenvalue weighted by atomic mass is 16.3. The molecule has 4 heteroatoms. The number of pyridine rings is 2. The first kappa shape index (κ1) is 29.3. The second-order valence-electron chi connectivity index (χ2n) is 14.1. The van der Waals surface area contributed by atoms with Gasteiger partial charge in [0.15, 0.2) is 11.2 Å². The molecule has 0 radical (unpaired) electrons. The standard InChI is InChI=1S/C50H29N3O/c1-2-13-30(14-3-1)31-24-26-32(27-25-31)40-29-43(52-50-37(40)21-12-28-51-50)53-41-22-10-8-19-38(41)46-44-35-17-6-4-15-33(35)34-16-5-7-18-36(34)45(44)47-39-20-9-11-23-42(39)54-49(47)48(46)53/h1-29H. The number of aromatic nitrogens is 3. The van der Waals surface area contributed by atoms with E-state index in [2.05, 4.69) is 168 Å². The van der Waals surface area contributed by atoms with Crippen molar-refractivity contribution in [1.29, 1.82) is 0 Å². The number of benzene rings is 8. The number of furan rings is 1. The van der Waals surface area contributed by atoms with Crippen LogP contribution in [0.2, 0.25) is 0 Å². The van der Waals surface area contributed by atoms with Crippen LogP contribution >= 0.6 is 0 Å². The van der Waals surface area contributed by atoms with Crippen LogP contribution in [0.1, 0.15) is 0 Å². The Bertz CT molecular complexity index is 3490. The molecule has 0 bridgehead atoms. The number of fused-ring (bicyclic) bond motifs is 16. The van der Waals surface area contributed by atoms with E-state index in [1.807, 2.05) is 12.3 Å². The predicted octanol–water partition coefficient (Wildman–Crippen LogP) is 13.4. The maximum Gasteiger partial charge on any atom is 0.162 e. The molecule has 0 aliphatic heterocycles. The first-order valence-electron chi connectivity index (χ1n) is 18.3. The summed E-state index contributed by atoms with van der Waals surface area (Å²) in [5, 5.41) is 12.9. The lowest BCUT2D eigenvalue weighted by molar-refractivity contribution is 0.671. The van der Waals surface area contributed by atoms with E-state index in [4.69, 9.17) is 14.4 Å². The van der Waals surface area contributed by atoms with Crippen molar-refractivity contribution >= 4 is 87.1 Å². The topological polar surface area (TPSA) is 43.9 Å². The maximum absolute atomic E-state index is 7.02. The highest BCUT2D eigenvalue weighted by Gasteiger charge is 2.26. The normalized spacial score (nSPS) is 12.1. The van der Waals surface area contributed by atoms with Crippen molar-refractivity contribution < 1.29 is 4.42 Å². The average Bonchev–Trinajstić information content (AvgIpc) is 3.80.